The molecule has 0 unspecified atom stereocenters. The summed E-state index contributed by atoms with van der Waals surface area (Å²) in [6, 6.07) is 10.4. The quantitative estimate of drug-likeness (QED) is 0.727. The third-order valence-corrected chi connectivity index (χ3v) is 5.21. The average Bonchev–Trinajstić information content (AvgIpc) is 3.10. The molecule has 0 fully saturated rings. The number of nitrogens with zero attached hydrogens (tertiary/aromatic N) is 1. The van der Waals surface area contributed by atoms with E-state index in [1.54, 1.807) is 0 Å². The second-order valence-corrected chi connectivity index (χ2v) is 7.18. The molecule has 2 aromatic heterocycles. The van der Waals surface area contributed by atoms with Crippen LogP contribution in [0.5, 0.6) is 0 Å². The fraction of sp³-hybridized carbons (Fsp3) is 0.217. The molecule has 4 rings (SSSR count). The molecule has 0 radical (unpaired) electrons. The predicted molar refractivity (Wildman–Crippen MR) is 110 cm³/mol. The number of hydrogen-bond acceptors (Lipinski definition) is 2. The Hall–Kier alpha value is -3.14. The number of benzene rings is 1. The summed E-state index contributed by atoms with van der Waals surface area (Å²) in [6.45, 7) is 7.08. The lowest BCUT2D eigenvalue weighted by molar-refractivity contribution is 0.0946. The van der Waals surface area contributed by atoms with Gasteiger partial charge in [0.1, 0.15) is 0 Å². The molecule has 136 valence electrons. The summed E-state index contributed by atoms with van der Waals surface area (Å²) in [5.74, 6) is -0.00172. The minimum absolute atomic E-state index is 0.00172. The van der Waals surface area contributed by atoms with Gasteiger partial charge in [0, 0.05) is 36.1 Å². The molecule has 1 aliphatic heterocycles. The summed E-state index contributed by atoms with van der Waals surface area (Å²) in [5, 5.41) is 2.88. The van der Waals surface area contributed by atoms with E-state index in [0.29, 0.717) is 6.54 Å². The fourth-order valence-electron chi connectivity index (χ4n) is 3.49. The van der Waals surface area contributed by atoms with Gasteiger partial charge in [-0.3, -0.25) is 9.78 Å². The van der Waals surface area contributed by atoms with Gasteiger partial charge in [0.2, 0.25) is 0 Å². The van der Waals surface area contributed by atoms with Crippen LogP contribution in [0.25, 0.3) is 23.4 Å². The number of carbonyl (C=O) groups is 1. The number of carbonyl (C=O) groups excluding carboxylic acids is 1. The smallest absolute Gasteiger partial charge is 0.253 e. The Morgan fingerprint density at radius 3 is 2.63 bits per heavy atom. The van der Waals surface area contributed by atoms with E-state index in [1.807, 2.05) is 30.5 Å². The van der Waals surface area contributed by atoms with E-state index in [2.05, 4.69) is 54.3 Å². The number of aromatic amines is 1. The van der Waals surface area contributed by atoms with E-state index in [1.165, 1.54) is 22.3 Å². The number of hydrogen-bond donors (Lipinski definition) is 2. The summed E-state index contributed by atoms with van der Waals surface area (Å²) in [5.41, 5.74) is 9.69. The molecule has 0 saturated carbocycles. The summed E-state index contributed by atoms with van der Waals surface area (Å²) < 4.78 is 0. The zero-order valence-electron chi connectivity index (χ0n) is 15.9. The second-order valence-electron chi connectivity index (χ2n) is 7.18. The first kappa shape index (κ1) is 17.3. The van der Waals surface area contributed by atoms with Gasteiger partial charge in [0.25, 0.3) is 5.91 Å². The van der Waals surface area contributed by atoms with Crippen molar-refractivity contribution in [2.45, 2.75) is 27.2 Å². The first-order valence-corrected chi connectivity index (χ1v) is 9.24. The van der Waals surface area contributed by atoms with Crippen molar-refractivity contribution in [2.24, 2.45) is 0 Å². The molecule has 1 amide bonds. The van der Waals surface area contributed by atoms with Gasteiger partial charge in [-0.25, -0.2) is 0 Å². The van der Waals surface area contributed by atoms with Crippen molar-refractivity contribution >= 4 is 18.1 Å². The van der Waals surface area contributed by atoms with Crippen LogP contribution in [0.4, 0.5) is 0 Å². The number of aromatic nitrogens is 2. The van der Waals surface area contributed by atoms with Crippen LogP contribution in [-0.2, 0) is 6.42 Å². The van der Waals surface area contributed by atoms with E-state index < -0.39 is 0 Å². The summed E-state index contributed by atoms with van der Waals surface area (Å²) in [6.07, 6.45) is 6.80. The minimum Gasteiger partial charge on any atom is -0.358 e. The minimum atomic E-state index is -0.00172. The molecule has 2 N–H and O–H groups in total. The molecule has 1 aliphatic rings. The molecule has 0 atom stereocenters. The van der Waals surface area contributed by atoms with Gasteiger partial charge in [-0.05, 0) is 67.3 Å². The van der Waals surface area contributed by atoms with Gasteiger partial charge >= 0.3 is 0 Å². The SMILES string of the molecule is Cc1cc(C)c(C=Cc2cc(-c3cc4c([nH]3)CCNC4=O)ccn2)cc1C. The van der Waals surface area contributed by atoms with Crippen LogP contribution in [0, 0.1) is 20.8 Å². The summed E-state index contributed by atoms with van der Waals surface area (Å²) in [7, 11) is 0. The van der Waals surface area contributed by atoms with Crippen molar-refractivity contribution in [3.8, 4) is 11.3 Å². The molecule has 27 heavy (non-hydrogen) atoms. The highest BCUT2D eigenvalue weighted by Crippen LogP contribution is 2.25. The Kier molecular flexibility index (Phi) is 4.40. The van der Waals surface area contributed by atoms with E-state index >= 15 is 0 Å². The van der Waals surface area contributed by atoms with Gasteiger partial charge in [-0.2, -0.15) is 0 Å². The lowest BCUT2D eigenvalue weighted by Crippen LogP contribution is -2.31. The molecular weight excluding hydrogens is 334 g/mol. The van der Waals surface area contributed by atoms with Crippen LogP contribution >= 0.6 is 0 Å². The Bertz CT molecular complexity index is 1060. The zero-order chi connectivity index (χ0) is 19.0. The van der Waals surface area contributed by atoms with E-state index in [4.69, 9.17) is 0 Å². The van der Waals surface area contributed by atoms with Crippen LogP contribution in [0.15, 0.2) is 36.5 Å². The van der Waals surface area contributed by atoms with Crippen molar-refractivity contribution in [3.63, 3.8) is 0 Å². The number of H-pyrrole nitrogens is 1. The molecule has 0 bridgehead atoms. The van der Waals surface area contributed by atoms with E-state index in [9.17, 15) is 4.79 Å². The maximum Gasteiger partial charge on any atom is 0.253 e. The molecule has 4 nitrogen and oxygen atoms in total. The lowest BCUT2D eigenvalue weighted by atomic mass is 10.0. The molecule has 3 heterocycles. The molecule has 3 aromatic rings. The average molecular weight is 357 g/mol. The lowest BCUT2D eigenvalue weighted by Gasteiger charge is -2.10. The van der Waals surface area contributed by atoms with Crippen molar-refractivity contribution < 1.29 is 4.79 Å². The van der Waals surface area contributed by atoms with Crippen LogP contribution in [-0.4, -0.2) is 22.4 Å². The normalized spacial score (nSPS) is 13.7. The number of amides is 1. The zero-order valence-corrected chi connectivity index (χ0v) is 15.9. The highest BCUT2D eigenvalue weighted by Gasteiger charge is 2.19. The van der Waals surface area contributed by atoms with Crippen molar-refractivity contribution in [1.82, 2.24) is 15.3 Å². The van der Waals surface area contributed by atoms with Crippen molar-refractivity contribution in [1.29, 1.82) is 0 Å². The van der Waals surface area contributed by atoms with Crippen LogP contribution in [0.2, 0.25) is 0 Å². The Labute approximate surface area is 159 Å². The largest absolute Gasteiger partial charge is 0.358 e. The molecule has 4 heteroatoms. The second kappa shape index (κ2) is 6.88. The maximum atomic E-state index is 12.0. The summed E-state index contributed by atoms with van der Waals surface area (Å²) >= 11 is 0. The topological polar surface area (TPSA) is 57.8 Å². The monoisotopic (exact) mass is 357 g/mol. The molecule has 0 spiro atoms. The number of fused-ring (bicyclic) bond motifs is 1. The molecular formula is C23H23N3O. The number of rotatable bonds is 3. The van der Waals surface area contributed by atoms with Gasteiger partial charge in [-0.1, -0.05) is 18.2 Å². The third kappa shape index (κ3) is 3.43. The van der Waals surface area contributed by atoms with Gasteiger partial charge < -0.3 is 10.3 Å². The fourth-order valence-corrected chi connectivity index (χ4v) is 3.49. The van der Waals surface area contributed by atoms with Crippen LogP contribution < -0.4 is 5.32 Å². The Morgan fingerprint density at radius 1 is 1.00 bits per heavy atom. The number of nitrogens with one attached hydrogen (secondary N) is 2. The van der Waals surface area contributed by atoms with Gasteiger partial charge in [0.05, 0.1) is 11.3 Å². The Morgan fingerprint density at radius 2 is 1.81 bits per heavy atom. The highest BCUT2D eigenvalue weighted by molar-refractivity contribution is 5.97. The Balaban J connectivity index is 1.64. The van der Waals surface area contributed by atoms with Crippen molar-refractivity contribution in [2.75, 3.05) is 6.54 Å². The predicted octanol–water partition coefficient (Wildman–Crippen LogP) is 4.46. The third-order valence-electron chi connectivity index (χ3n) is 5.21. The van der Waals surface area contributed by atoms with Crippen LogP contribution in [0.3, 0.4) is 0 Å². The summed E-state index contributed by atoms with van der Waals surface area (Å²) in [4.78, 5) is 19.8. The first-order valence-electron chi connectivity index (χ1n) is 9.24. The van der Waals surface area contributed by atoms with Gasteiger partial charge in [0.15, 0.2) is 0 Å². The molecule has 1 aromatic carbocycles. The molecule has 0 saturated heterocycles. The van der Waals surface area contributed by atoms with Gasteiger partial charge in [-0.15, -0.1) is 0 Å². The number of aryl methyl sites for hydroxylation is 3. The first-order chi connectivity index (χ1) is 13.0. The maximum absolute atomic E-state index is 12.0. The number of pyridine rings is 1. The molecule has 0 aliphatic carbocycles. The van der Waals surface area contributed by atoms with Crippen LogP contribution in [0.1, 0.15) is 44.0 Å². The standard InChI is InChI=1S/C23H23N3O/c1-14-10-16(3)17(11-15(14)2)4-5-19-12-18(6-8-24-19)22-13-20-21(26-22)7-9-25-23(20)27/h4-6,8,10-13,26H,7,9H2,1-3H3,(H,25,27). The van der Waals surface area contributed by atoms with Crippen molar-refractivity contribution in [3.05, 3.63) is 75.7 Å². The van der Waals surface area contributed by atoms with E-state index in [0.717, 1.165) is 34.6 Å². The van der Waals surface area contributed by atoms with E-state index in [-0.39, 0.29) is 5.91 Å². The highest BCUT2D eigenvalue weighted by atomic mass is 16.1.